The predicted octanol–water partition coefficient (Wildman–Crippen LogP) is 1.78. The van der Waals surface area contributed by atoms with Crippen LogP contribution in [0.1, 0.15) is 18.4 Å². The van der Waals surface area contributed by atoms with Gasteiger partial charge in [-0.1, -0.05) is 30.3 Å². The average Bonchev–Trinajstić information content (AvgIpc) is 2.31. The van der Waals surface area contributed by atoms with Gasteiger partial charge in [-0.25, -0.2) is 8.42 Å². The molecule has 1 saturated heterocycles. The second-order valence-corrected chi connectivity index (χ2v) is 6.41. The summed E-state index contributed by atoms with van der Waals surface area (Å²) in [5.41, 5.74) is 0.855. The van der Waals surface area contributed by atoms with Gasteiger partial charge in [-0.3, -0.25) is 0 Å². The summed E-state index contributed by atoms with van der Waals surface area (Å²) in [6, 6.07) is 9.31. The molecule has 1 aliphatic heterocycles. The highest BCUT2D eigenvalue weighted by Gasteiger charge is 2.27. The first-order valence-electron chi connectivity index (χ1n) is 5.52. The quantitative estimate of drug-likeness (QED) is 0.809. The summed E-state index contributed by atoms with van der Waals surface area (Å²) in [4.78, 5) is 0. The van der Waals surface area contributed by atoms with E-state index in [-0.39, 0.29) is 11.0 Å². The number of benzene rings is 1. The fourth-order valence-corrected chi connectivity index (χ4v) is 3.64. The lowest BCUT2D eigenvalue weighted by molar-refractivity contribution is 0.0991. The fraction of sp³-hybridized carbons (Fsp3) is 0.500. The van der Waals surface area contributed by atoms with E-state index in [9.17, 15) is 8.42 Å². The highest BCUT2D eigenvalue weighted by molar-refractivity contribution is 7.91. The van der Waals surface area contributed by atoms with E-state index >= 15 is 0 Å². The van der Waals surface area contributed by atoms with Crippen molar-refractivity contribution in [2.24, 2.45) is 0 Å². The minimum Gasteiger partial charge on any atom is -0.380 e. The van der Waals surface area contributed by atoms with Gasteiger partial charge in [-0.2, -0.15) is 0 Å². The zero-order valence-corrected chi connectivity index (χ0v) is 9.95. The van der Waals surface area contributed by atoms with Crippen molar-refractivity contribution in [2.75, 3.05) is 13.2 Å². The van der Waals surface area contributed by atoms with Crippen molar-refractivity contribution in [3.63, 3.8) is 0 Å². The van der Waals surface area contributed by atoms with Gasteiger partial charge < -0.3 is 4.74 Å². The molecule has 0 unspecified atom stereocenters. The molecule has 0 amide bonds. The molecule has 1 aromatic rings. The SMILES string of the molecule is O=S(=O)(Cc1ccccc1)[C@H]1CCCOC1. The first-order valence-corrected chi connectivity index (χ1v) is 7.23. The number of hydrogen-bond acceptors (Lipinski definition) is 3. The summed E-state index contributed by atoms with van der Waals surface area (Å²) in [6.45, 7) is 1.05. The second-order valence-electron chi connectivity index (χ2n) is 4.13. The minimum atomic E-state index is -3.06. The smallest absolute Gasteiger partial charge is 0.159 e. The van der Waals surface area contributed by atoms with E-state index in [2.05, 4.69) is 0 Å². The van der Waals surface area contributed by atoms with Gasteiger partial charge in [-0.05, 0) is 18.4 Å². The Morgan fingerprint density at radius 2 is 2.00 bits per heavy atom. The normalized spacial score (nSPS) is 21.9. The Hall–Kier alpha value is -0.870. The summed E-state index contributed by atoms with van der Waals surface area (Å²) in [6.07, 6.45) is 1.58. The molecular formula is C12H16O3S. The Kier molecular flexibility index (Phi) is 3.61. The molecule has 1 heterocycles. The maximum Gasteiger partial charge on any atom is 0.159 e. The molecule has 2 rings (SSSR count). The molecule has 16 heavy (non-hydrogen) atoms. The molecule has 0 N–H and O–H groups in total. The van der Waals surface area contributed by atoms with Crippen LogP contribution < -0.4 is 0 Å². The van der Waals surface area contributed by atoms with E-state index in [1.807, 2.05) is 30.3 Å². The molecule has 0 radical (unpaired) electrons. The Labute approximate surface area is 96.4 Å². The molecule has 1 aliphatic rings. The molecular weight excluding hydrogens is 224 g/mol. The van der Waals surface area contributed by atoms with Gasteiger partial charge in [0.2, 0.25) is 0 Å². The molecule has 0 bridgehead atoms. The molecule has 1 aromatic carbocycles. The van der Waals surface area contributed by atoms with Crippen molar-refractivity contribution in [1.29, 1.82) is 0 Å². The second kappa shape index (κ2) is 4.97. The van der Waals surface area contributed by atoms with Crippen LogP contribution in [0, 0.1) is 0 Å². The maximum absolute atomic E-state index is 12.1. The van der Waals surface area contributed by atoms with Gasteiger partial charge in [0.05, 0.1) is 17.6 Å². The first-order chi connectivity index (χ1) is 7.68. The summed E-state index contributed by atoms with van der Waals surface area (Å²) < 4.78 is 29.4. The first kappa shape index (κ1) is 11.6. The topological polar surface area (TPSA) is 43.4 Å². The maximum atomic E-state index is 12.1. The lowest BCUT2D eigenvalue weighted by Crippen LogP contribution is -2.31. The van der Waals surface area contributed by atoms with Gasteiger partial charge in [0.1, 0.15) is 0 Å². The van der Waals surface area contributed by atoms with Crippen LogP contribution in [0.4, 0.5) is 0 Å². The van der Waals surface area contributed by atoms with E-state index in [0.29, 0.717) is 13.2 Å². The molecule has 1 atom stereocenters. The molecule has 0 spiro atoms. The van der Waals surface area contributed by atoms with Gasteiger partial charge in [0.25, 0.3) is 0 Å². The van der Waals surface area contributed by atoms with Crippen molar-refractivity contribution < 1.29 is 13.2 Å². The van der Waals surface area contributed by atoms with Crippen LogP contribution in [0.25, 0.3) is 0 Å². The fourth-order valence-electron chi connectivity index (χ4n) is 1.92. The number of ether oxygens (including phenoxy) is 1. The van der Waals surface area contributed by atoms with Crippen molar-refractivity contribution in [3.8, 4) is 0 Å². The lowest BCUT2D eigenvalue weighted by atomic mass is 10.2. The Morgan fingerprint density at radius 1 is 1.25 bits per heavy atom. The lowest BCUT2D eigenvalue weighted by Gasteiger charge is -2.22. The highest BCUT2D eigenvalue weighted by atomic mass is 32.2. The molecule has 3 nitrogen and oxygen atoms in total. The number of rotatable bonds is 3. The molecule has 0 aromatic heterocycles. The summed E-state index contributed by atoms with van der Waals surface area (Å²) >= 11 is 0. The van der Waals surface area contributed by atoms with Crippen molar-refractivity contribution in [1.82, 2.24) is 0 Å². The van der Waals surface area contributed by atoms with E-state index in [0.717, 1.165) is 18.4 Å². The Morgan fingerprint density at radius 3 is 2.62 bits per heavy atom. The average molecular weight is 240 g/mol. The Balaban J connectivity index is 2.08. The van der Waals surface area contributed by atoms with E-state index in [1.54, 1.807) is 0 Å². The van der Waals surface area contributed by atoms with Gasteiger partial charge in [-0.15, -0.1) is 0 Å². The standard InChI is InChI=1S/C12H16O3S/c13-16(14,12-7-4-8-15-9-12)10-11-5-2-1-3-6-11/h1-3,5-6,12H,4,7-10H2/t12-/m0/s1. The monoisotopic (exact) mass is 240 g/mol. The zero-order chi connectivity index (χ0) is 11.4. The van der Waals surface area contributed by atoms with Crippen LogP contribution in [0.2, 0.25) is 0 Å². The summed E-state index contributed by atoms with van der Waals surface area (Å²) in [5.74, 6) is 0.127. The van der Waals surface area contributed by atoms with E-state index in [1.165, 1.54) is 0 Å². The largest absolute Gasteiger partial charge is 0.380 e. The Bertz CT molecular complexity index is 419. The van der Waals surface area contributed by atoms with Crippen molar-refractivity contribution in [2.45, 2.75) is 23.8 Å². The van der Waals surface area contributed by atoms with Crippen LogP contribution in [0.5, 0.6) is 0 Å². The van der Waals surface area contributed by atoms with Gasteiger partial charge in [0, 0.05) is 6.61 Å². The van der Waals surface area contributed by atoms with Crippen LogP contribution in [-0.2, 0) is 20.3 Å². The number of sulfone groups is 1. The highest BCUT2D eigenvalue weighted by Crippen LogP contribution is 2.18. The van der Waals surface area contributed by atoms with Crippen molar-refractivity contribution >= 4 is 9.84 Å². The van der Waals surface area contributed by atoms with E-state index < -0.39 is 9.84 Å². The van der Waals surface area contributed by atoms with Crippen LogP contribution in [0.15, 0.2) is 30.3 Å². The summed E-state index contributed by atoms with van der Waals surface area (Å²) in [5, 5.41) is -0.318. The molecule has 88 valence electrons. The zero-order valence-electron chi connectivity index (χ0n) is 9.13. The third-order valence-corrected chi connectivity index (χ3v) is 4.96. The molecule has 0 aliphatic carbocycles. The number of hydrogen-bond donors (Lipinski definition) is 0. The third kappa shape index (κ3) is 2.83. The molecule has 4 heteroatoms. The van der Waals surface area contributed by atoms with Gasteiger partial charge >= 0.3 is 0 Å². The third-order valence-electron chi connectivity index (χ3n) is 2.84. The summed E-state index contributed by atoms with van der Waals surface area (Å²) in [7, 11) is -3.06. The van der Waals surface area contributed by atoms with Crippen molar-refractivity contribution in [3.05, 3.63) is 35.9 Å². The van der Waals surface area contributed by atoms with Gasteiger partial charge in [0.15, 0.2) is 9.84 Å². The molecule has 0 saturated carbocycles. The minimum absolute atomic E-state index is 0.127. The van der Waals surface area contributed by atoms with E-state index in [4.69, 9.17) is 4.74 Å². The van der Waals surface area contributed by atoms with Crippen LogP contribution in [-0.4, -0.2) is 26.9 Å². The predicted molar refractivity (Wildman–Crippen MR) is 62.9 cm³/mol. The van der Waals surface area contributed by atoms with Crippen LogP contribution >= 0.6 is 0 Å². The molecule has 1 fully saturated rings. The van der Waals surface area contributed by atoms with Crippen LogP contribution in [0.3, 0.4) is 0 Å².